The molecule has 1 aliphatic rings. The fourth-order valence-corrected chi connectivity index (χ4v) is 2.34. The van der Waals surface area contributed by atoms with E-state index in [0.717, 1.165) is 24.1 Å². The van der Waals surface area contributed by atoms with Crippen molar-refractivity contribution in [1.29, 1.82) is 0 Å². The van der Waals surface area contributed by atoms with E-state index in [-0.39, 0.29) is 0 Å². The molecule has 14 heavy (non-hydrogen) atoms. The average molecular weight is 261 g/mol. The first kappa shape index (κ1) is 12.2. The van der Waals surface area contributed by atoms with Crippen LogP contribution in [0.3, 0.4) is 0 Å². The lowest BCUT2D eigenvalue weighted by Gasteiger charge is -2.39. The minimum absolute atomic E-state index is 0.657. The average Bonchev–Trinajstić information content (AvgIpc) is 2.16. The quantitative estimate of drug-likeness (QED) is 0.835. The summed E-state index contributed by atoms with van der Waals surface area (Å²) < 4.78 is 1.09. The molecule has 0 aliphatic carbocycles. The molecule has 0 aromatic rings. The zero-order chi connectivity index (χ0) is 10.6. The van der Waals surface area contributed by atoms with E-state index in [2.05, 4.69) is 46.6 Å². The van der Waals surface area contributed by atoms with Gasteiger partial charge in [0.1, 0.15) is 0 Å². The van der Waals surface area contributed by atoms with Crippen molar-refractivity contribution in [2.45, 2.75) is 38.8 Å². The monoisotopic (exact) mass is 260 g/mol. The first-order valence-electron chi connectivity index (χ1n) is 5.48. The Morgan fingerprint density at radius 2 is 2.21 bits per heavy atom. The molecule has 1 saturated heterocycles. The number of piperazine rings is 1. The van der Waals surface area contributed by atoms with Crippen LogP contribution < -0.4 is 5.32 Å². The lowest BCUT2D eigenvalue weighted by molar-refractivity contribution is 0.139. The van der Waals surface area contributed by atoms with Gasteiger partial charge in [0.05, 0.1) is 0 Å². The van der Waals surface area contributed by atoms with Gasteiger partial charge in [-0.15, -0.1) is 0 Å². The molecule has 1 rings (SSSR count). The van der Waals surface area contributed by atoms with Crippen LogP contribution >= 0.6 is 15.9 Å². The van der Waals surface area contributed by atoms with Crippen molar-refractivity contribution in [3.8, 4) is 0 Å². The Morgan fingerprint density at radius 1 is 1.50 bits per heavy atom. The number of hydrogen-bond donors (Lipinski definition) is 1. The van der Waals surface area contributed by atoms with Crippen molar-refractivity contribution in [2.24, 2.45) is 0 Å². The molecule has 0 aromatic carbocycles. The van der Waals surface area contributed by atoms with Gasteiger partial charge >= 0.3 is 0 Å². The van der Waals surface area contributed by atoms with Crippen LogP contribution in [0, 0.1) is 0 Å². The fourth-order valence-electron chi connectivity index (χ4n) is 2.02. The first-order chi connectivity index (χ1) is 6.67. The van der Waals surface area contributed by atoms with Gasteiger partial charge in [-0.3, -0.25) is 4.90 Å². The zero-order valence-electron chi connectivity index (χ0n) is 9.22. The molecule has 1 N–H and O–H groups in total. The summed E-state index contributed by atoms with van der Waals surface area (Å²) in [6.45, 7) is 11.7. The van der Waals surface area contributed by atoms with Crippen molar-refractivity contribution >= 4 is 15.9 Å². The van der Waals surface area contributed by atoms with Crippen LogP contribution in [-0.4, -0.2) is 36.6 Å². The van der Waals surface area contributed by atoms with Crippen LogP contribution in [0.1, 0.15) is 26.7 Å². The van der Waals surface area contributed by atoms with Crippen molar-refractivity contribution in [3.05, 3.63) is 11.1 Å². The summed E-state index contributed by atoms with van der Waals surface area (Å²) in [4.78, 5) is 2.53. The van der Waals surface area contributed by atoms with E-state index in [1.165, 1.54) is 12.8 Å². The molecule has 2 nitrogen and oxygen atoms in total. The Bertz CT molecular complexity index is 194. The summed E-state index contributed by atoms with van der Waals surface area (Å²) in [5.41, 5.74) is 0. The Hall–Kier alpha value is 0.140. The first-order valence-corrected chi connectivity index (χ1v) is 6.27. The van der Waals surface area contributed by atoms with Crippen molar-refractivity contribution in [3.63, 3.8) is 0 Å². The van der Waals surface area contributed by atoms with Gasteiger partial charge in [-0.05, 0) is 12.8 Å². The summed E-state index contributed by atoms with van der Waals surface area (Å²) in [6.07, 6.45) is 2.42. The van der Waals surface area contributed by atoms with Crippen molar-refractivity contribution < 1.29 is 0 Å². The van der Waals surface area contributed by atoms with E-state index in [4.69, 9.17) is 0 Å². The molecule has 0 amide bonds. The molecule has 2 unspecified atom stereocenters. The Labute approximate surface area is 95.9 Å². The number of nitrogens with zero attached hydrogens (tertiary/aromatic N) is 1. The van der Waals surface area contributed by atoms with E-state index in [9.17, 15) is 0 Å². The molecule has 0 aromatic heterocycles. The molecule has 0 saturated carbocycles. The Kier molecular flexibility index (Phi) is 5.13. The zero-order valence-corrected chi connectivity index (χ0v) is 10.8. The molecule has 1 aliphatic heterocycles. The van der Waals surface area contributed by atoms with Gasteiger partial charge in [-0.2, -0.15) is 0 Å². The number of halogens is 1. The molecule has 82 valence electrons. The smallest absolute Gasteiger partial charge is 0.0298 e. The van der Waals surface area contributed by atoms with E-state index < -0.39 is 0 Å². The van der Waals surface area contributed by atoms with Crippen molar-refractivity contribution in [1.82, 2.24) is 10.2 Å². The van der Waals surface area contributed by atoms with Gasteiger partial charge in [-0.1, -0.05) is 36.4 Å². The predicted molar refractivity (Wildman–Crippen MR) is 65.8 cm³/mol. The highest BCUT2D eigenvalue weighted by Gasteiger charge is 2.25. The molecule has 0 radical (unpaired) electrons. The lowest BCUT2D eigenvalue weighted by Crippen LogP contribution is -2.56. The third-order valence-electron chi connectivity index (χ3n) is 2.95. The van der Waals surface area contributed by atoms with E-state index in [1.54, 1.807) is 0 Å². The van der Waals surface area contributed by atoms with E-state index in [0.29, 0.717) is 12.1 Å². The number of nitrogens with one attached hydrogen (secondary N) is 1. The van der Waals surface area contributed by atoms with Crippen LogP contribution in [-0.2, 0) is 0 Å². The molecule has 0 spiro atoms. The summed E-state index contributed by atoms with van der Waals surface area (Å²) in [6, 6.07) is 1.33. The number of rotatable bonds is 4. The second-order valence-electron chi connectivity index (χ2n) is 4.02. The third kappa shape index (κ3) is 3.37. The Balaban J connectivity index is 2.51. The third-order valence-corrected chi connectivity index (χ3v) is 3.20. The lowest BCUT2D eigenvalue weighted by atomic mass is 10.1. The maximum atomic E-state index is 3.92. The molecule has 1 heterocycles. The minimum atomic E-state index is 0.657. The molecule has 2 atom stereocenters. The topological polar surface area (TPSA) is 15.3 Å². The fraction of sp³-hybridized carbons (Fsp3) is 0.818. The second kappa shape index (κ2) is 5.89. The summed E-state index contributed by atoms with van der Waals surface area (Å²) in [5, 5.41) is 3.59. The SMILES string of the molecule is C=C(Br)CN1CC(CC)NCC1CC. The summed E-state index contributed by atoms with van der Waals surface area (Å²) in [5.74, 6) is 0. The van der Waals surface area contributed by atoms with Gasteiger partial charge < -0.3 is 5.32 Å². The van der Waals surface area contributed by atoms with Crippen LogP contribution in [0.25, 0.3) is 0 Å². The van der Waals surface area contributed by atoms with Gasteiger partial charge in [0.15, 0.2) is 0 Å². The summed E-state index contributed by atoms with van der Waals surface area (Å²) >= 11 is 3.45. The van der Waals surface area contributed by atoms with Gasteiger partial charge in [0.25, 0.3) is 0 Å². The van der Waals surface area contributed by atoms with Crippen LogP contribution in [0.5, 0.6) is 0 Å². The summed E-state index contributed by atoms with van der Waals surface area (Å²) in [7, 11) is 0. The number of hydrogen-bond acceptors (Lipinski definition) is 2. The van der Waals surface area contributed by atoms with Gasteiger partial charge in [0.2, 0.25) is 0 Å². The van der Waals surface area contributed by atoms with E-state index >= 15 is 0 Å². The van der Waals surface area contributed by atoms with Gasteiger partial charge in [0, 0.05) is 36.2 Å². The minimum Gasteiger partial charge on any atom is -0.311 e. The maximum absolute atomic E-state index is 3.92. The highest BCUT2D eigenvalue weighted by atomic mass is 79.9. The largest absolute Gasteiger partial charge is 0.311 e. The normalized spacial score (nSPS) is 29.1. The Morgan fingerprint density at radius 3 is 2.71 bits per heavy atom. The van der Waals surface area contributed by atoms with Gasteiger partial charge in [-0.25, -0.2) is 0 Å². The van der Waals surface area contributed by atoms with Crippen molar-refractivity contribution in [2.75, 3.05) is 19.6 Å². The molecule has 1 fully saturated rings. The molecule has 0 bridgehead atoms. The highest BCUT2D eigenvalue weighted by molar-refractivity contribution is 9.11. The molecular weight excluding hydrogens is 240 g/mol. The van der Waals surface area contributed by atoms with E-state index in [1.807, 2.05) is 0 Å². The van der Waals surface area contributed by atoms with Crippen LogP contribution in [0.2, 0.25) is 0 Å². The second-order valence-corrected chi connectivity index (χ2v) is 5.14. The molecular formula is C11H21BrN2. The maximum Gasteiger partial charge on any atom is 0.0298 e. The van der Waals surface area contributed by atoms with Crippen LogP contribution in [0.15, 0.2) is 11.1 Å². The van der Waals surface area contributed by atoms with Crippen LogP contribution in [0.4, 0.5) is 0 Å². The molecule has 3 heteroatoms. The standard InChI is InChI=1S/C11H21BrN2/c1-4-10-8-14(7-9(3)12)11(5-2)6-13-10/h10-11,13H,3-8H2,1-2H3. The predicted octanol–water partition coefficient (Wildman–Crippen LogP) is 2.36. The highest BCUT2D eigenvalue weighted by Crippen LogP contribution is 2.15.